The SMILES string of the molecule is CCS(=O)(=O)[C@@H]1C[C@H](C)C(CO)(CO)C1. The van der Waals surface area contributed by atoms with Crippen LogP contribution in [0.25, 0.3) is 0 Å². The Kier molecular flexibility index (Phi) is 3.79. The van der Waals surface area contributed by atoms with Crippen LogP contribution in [-0.2, 0) is 9.84 Å². The van der Waals surface area contributed by atoms with E-state index in [2.05, 4.69) is 0 Å². The molecular weight excluding hydrogens is 216 g/mol. The predicted octanol–water partition coefficient (Wildman–Crippen LogP) is 0.191. The van der Waals surface area contributed by atoms with Crippen LogP contribution in [0.3, 0.4) is 0 Å². The maximum absolute atomic E-state index is 11.7. The van der Waals surface area contributed by atoms with Gasteiger partial charge in [0.25, 0.3) is 0 Å². The van der Waals surface area contributed by atoms with E-state index in [1.165, 1.54) is 0 Å². The smallest absolute Gasteiger partial charge is 0.152 e. The quantitative estimate of drug-likeness (QED) is 0.731. The zero-order valence-electron chi connectivity index (χ0n) is 9.31. The van der Waals surface area contributed by atoms with Gasteiger partial charge in [0.2, 0.25) is 0 Å². The van der Waals surface area contributed by atoms with Crippen molar-refractivity contribution in [1.29, 1.82) is 0 Å². The molecule has 0 amide bonds. The van der Waals surface area contributed by atoms with Gasteiger partial charge in [0, 0.05) is 11.2 Å². The molecule has 0 aromatic rings. The summed E-state index contributed by atoms with van der Waals surface area (Å²) in [6.45, 7) is 3.26. The molecule has 4 nitrogen and oxygen atoms in total. The fourth-order valence-corrected chi connectivity index (χ4v) is 4.02. The molecule has 1 saturated carbocycles. The van der Waals surface area contributed by atoms with Crippen LogP contribution in [0.2, 0.25) is 0 Å². The second-order valence-electron chi connectivity index (χ2n) is 4.59. The lowest BCUT2D eigenvalue weighted by Crippen LogP contribution is -2.33. The highest BCUT2D eigenvalue weighted by Crippen LogP contribution is 2.45. The van der Waals surface area contributed by atoms with Crippen LogP contribution in [0, 0.1) is 11.3 Å². The molecule has 5 heteroatoms. The van der Waals surface area contributed by atoms with E-state index in [0.717, 1.165) is 0 Å². The minimum absolute atomic E-state index is 0.0545. The van der Waals surface area contributed by atoms with Crippen LogP contribution >= 0.6 is 0 Å². The molecule has 0 saturated heterocycles. The predicted molar refractivity (Wildman–Crippen MR) is 58.3 cm³/mol. The summed E-state index contributed by atoms with van der Waals surface area (Å²) in [4.78, 5) is 0. The highest BCUT2D eigenvalue weighted by atomic mass is 32.2. The summed E-state index contributed by atoms with van der Waals surface area (Å²) in [5, 5.41) is 18.2. The van der Waals surface area contributed by atoms with E-state index >= 15 is 0 Å². The first-order valence-corrected chi connectivity index (χ1v) is 7.06. The Labute approximate surface area is 91.2 Å². The minimum Gasteiger partial charge on any atom is -0.396 e. The number of hydrogen-bond donors (Lipinski definition) is 2. The molecule has 0 heterocycles. The molecule has 1 aliphatic carbocycles. The molecule has 1 fully saturated rings. The highest BCUT2D eigenvalue weighted by Gasteiger charge is 2.47. The monoisotopic (exact) mass is 236 g/mol. The average molecular weight is 236 g/mol. The Morgan fingerprint density at radius 1 is 1.33 bits per heavy atom. The maximum Gasteiger partial charge on any atom is 0.152 e. The molecule has 0 aromatic heterocycles. The van der Waals surface area contributed by atoms with Crippen molar-refractivity contribution in [2.24, 2.45) is 11.3 Å². The zero-order valence-corrected chi connectivity index (χ0v) is 10.1. The van der Waals surface area contributed by atoms with Crippen LogP contribution in [0.15, 0.2) is 0 Å². The van der Waals surface area contributed by atoms with Gasteiger partial charge < -0.3 is 10.2 Å². The van der Waals surface area contributed by atoms with Crippen LogP contribution in [-0.4, -0.2) is 42.8 Å². The van der Waals surface area contributed by atoms with Crippen LogP contribution in [0.1, 0.15) is 26.7 Å². The summed E-state index contributed by atoms with van der Waals surface area (Å²) in [6.07, 6.45) is 0.939. The van der Waals surface area contributed by atoms with Crippen molar-refractivity contribution in [1.82, 2.24) is 0 Å². The zero-order chi connectivity index (χ0) is 11.7. The summed E-state index contributed by atoms with van der Waals surface area (Å²) in [5.74, 6) is 0.191. The average Bonchev–Trinajstić information content (AvgIpc) is 2.57. The maximum atomic E-state index is 11.7. The number of aliphatic hydroxyl groups excluding tert-OH is 2. The lowest BCUT2D eigenvalue weighted by molar-refractivity contribution is 0.0287. The molecular formula is C10H20O4S. The van der Waals surface area contributed by atoms with Gasteiger partial charge >= 0.3 is 0 Å². The Hall–Kier alpha value is -0.130. The first-order chi connectivity index (χ1) is 6.91. The van der Waals surface area contributed by atoms with Gasteiger partial charge in [0.15, 0.2) is 9.84 Å². The number of rotatable bonds is 4. The lowest BCUT2D eigenvalue weighted by atomic mass is 9.80. The van der Waals surface area contributed by atoms with Crippen molar-refractivity contribution in [3.05, 3.63) is 0 Å². The topological polar surface area (TPSA) is 74.6 Å². The molecule has 0 radical (unpaired) electrons. The first-order valence-electron chi connectivity index (χ1n) is 5.35. The fraction of sp³-hybridized carbons (Fsp3) is 1.00. The van der Waals surface area contributed by atoms with E-state index in [0.29, 0.717) is 12.8 Å². The van der Waals surface area contributed by atoms with Gasteiger partial charge in [-0.1, -0.05) is 13.8 Å². The van der Waals surface area contributed by atoms with Crippen molar-refractivity contribution in [2.75, 3.05) is 19.0 Å². The summed E-state index contributed by atoms with van der Waals surface area (Å²) in [5.41, 5.74) is -0.604. The molecule has 1 aliphatic rings. The molecule has 0 bridgehead atoms. The van der Waals surface area contributed by atoms with Crippen LogP contribution < -0.4 is 0 Å². The summed E-state index contributed by atoms with van der Waals surface area (Å²) in [7, 11) is -3.04. The normalized spacial score (nSPS) is 30.7. The van der Waals surface area contributed by atoms with Gasteiger partial charge in [-0.2, -0.15) is 0 Å². The molecule has 2 atom stereocenters. The minimum atomic E-state index is -3.04. The molecule has 0 unspecified atom stereocenters. The number of sulfone groups is 1. The molecule has 1 rings (SSSR count). The van der Waals surface area contributed by atoms with E-state index in [-0.39, 0.29) is 24.9 Å². The number of hydrogen-bond acceptors (Lipinski definition) is 4. The Balaban J connectivity index is 2.89. The van der Waals surface area contributed by atoms with Crippen LogP contribution in [0.5, 0.6) is 0 Å². The standard InChI is InChI=1S/C10H20O4S/c1-3-15(13,14)9-4-8(2)10(5-9,6-11)7-12/h8-9,11-12H,3-7H2,1-2H3/t8-,9+/m0/s1. The third-order valence-electron chi connectivity index (χ3n) is 3.84. The molecule has 0 aliphatic heterocycles. The van der Waals surface area contributed by atoms with Gasteiger partial charge in [0.1, 0.15) is 0 Å². The number of aliphatic hydroxyl groups is 2. The van der Waals surface area contributed by atoms with E-state index in [1.807, 2.05) is 6.92 Å². The van der Waals surface area contributed by atoms with E-state index in [4.69, 9.17) is 0 Å². The van der Waals surface area contributed by atoms with Gasteiger partial charge in [-0.05, 0) is 18.8 Å². The highest BCUT2D eigenvalue weighted by molar-refractivity contribution is 7.92. The Morgan fingerprint density at radius 2 is 1.87 bits per heavy atom. The Morgan fingerprint density at radius 3 is 2.20 bits per heavy atom. The van der Waals surface area contributed by atoms with Gasteiger partial charge in [0.05, 0.1) is 18.5 Å². The fourth-order valence-electron chi connectivity index (χ4n) is 2.38. The third-order valence-corrected chi connectivity index (χ3v) is 6.02. The summed E-state index contributed by atoms with van der Waals surface area (Å²) < 4.78 is 23.4. The molecule has 0 aromatic carbocycles. The van der Waals surface area contributed by atoms with E-state index in [9.17, 15) is 18.6 Å². The van der Waals surface area contributed by atoms with Crippen molar-refractivity contribution < 1.29 is 18.6 Å². The van der Waals surface area contributed by atoms with Gasteiger partial charge in [-0.25, -0.2) is 8.42 Å². The van der Waals surface area contributed by atoms with Gasteiger partial charge in [-0.3, -0.25) is 0 Å². The second kappa shape index (κ2) is 4.39. The van der Waals surface area contributed by atoms with Crippen molar-refractivity contribution >= 4 is 9.84 Å². The molecule has 2 N–H and O–H groups in total. The lowest BCUT2D eigenvalue weighted by Gasteiger charge is -2.28. The second-order valence-corrected chi connectivity index (χ2v) is 7.16. The largest absolute Gasteiger partial charge is 0.396 e. The van der Waals surface area contributed by atoms with Gasteiger partial charge in [-0.15, -0.1) is 0 Å². The summed E-state index contributed by atoms with van der Waals surface area (Å²) in [6, 6.07) is 0. The van der Waals surface area contributed by atoms with Crippen LogP contribution in [0.4, 0.5) is 0 Å². The molecule has 0 spiro atoms. The van der Waals surface area contributed by atoms with E-state index < -0.39 is 20.5 Å². The third kappa shape index (κ3) is 2.19. The Bertz CT molecular complexity index is 305. The van der Waals surface area contributed by atoms with Crippen molar-refractivity contribution in [3.8, 4) is 0 Å². The van der Waals surface area contributed by atoms with Crippen molar-refractivity contribution in [3.63, 3.8) is 0 Å². The van der Waals surface area contributed by atoms with E-state index in [1.54, 1.807) is 6.92 Å². The first kappa shape index (κ1) is 12.9. The molecule has 90 valence electrons. The van der Waals surface area contributed by atoms with Crippen molar-refractivity contribution in [2.45, 2.75) is 31.9 Å². The summed E-state index contributed by atoms with van der Waals surface area (Å²) >= 11 is 0. The molecule has 15 heavy (non-hydrogen) atoms.